The first-order valence-electron chi connectivity index (χ1n) is 9.99. The molecule has 0 aliphatic carbocycles. The number of sulfonamides is 1. The van der Waals surface area contributed by atoms with Gasteiger partial charge in [0.05, 0.1) is 15.5 Å². The van der Waals surface area contributed by atoms with E-state index in [0.717, 1.165) is 18.9 Å². The fourth-order valence-corrected chi connectivity index (χ4v) is 5.03. The van der Waals surface area contributed by atoms with Gasteiger partial charge >= 0.3 is 0 Å². The Hall–Kier alpha value is -3.17. The number of nitro benzene ring substituents is 1. The van der Waals surface area contributed by atoms with E-state index >= 15 is 0 Å². The van der Waals surface area contributed by atoms with Crippen LogP contribution in [0.15, 0.2) is 23.1 Å². The number of rotatable bonds is 8. The van der Waals surface area contributed by atoms with Crippen molar-refractivity contribution in [1.29, 1.82) is 5.26 Å². The number of nitrogen functional groups attached to an aromatic ring is 1. The highest BCUT2D eigenvalue weighted by Crippen LogP contribution is 2.30. The summed E-state index contributed by atoms with van der Waals surface area (Å²) in [7, 11) is -3.78. The molecule has 2 heterocycles. The quantitative estimate of drug-likeness (QED) is 0.314. The van der Waals surface area contributed by atoms with Crippen molar-refractivity contribution >= 4 is 27.2 Å². The van der Waals surface area contributed by atoms with E-state index in [1.807, 2.05) is 6.07 Å². The van der Waals surface area contributed by atoms with Gasteiger partial charge in [0.15, 0.2) is 5.82 Å². The molecule has 1 aliphatic heterocycles. The van der Waals surface area contributed by atoms with Gasteiger partial charge in [-0.15, -0.1) is 0 Å². The van der Waals surface area contributed by atoms with Crippen LogP contribution in [-0.4, -0.2) is 47.5 Å². The number of anilines is 2. The summed E-state index contributed by atoms with van der Waals surface area (Å²) in [6.07, 6.45) is 2.58. The van der Waals surface area contributed by atoms with Crippen LogP contribution in [0.3, 0.4) is 0 Å². The molecular formula is C19H25N7O4S. The number of H-pyrrole nitrogens is 1. The number of hydrogen-bond donors (Lipinski definition) is 3. The Kier molecular flexibility index (Phi) is 6.77. The minimum atomic E-state index is -3.78. The molecule has 1 aromatic heterocycles. The number of hydrogen-bond acceptors (Lipinski definition) is 8. The highest BCUT2D eigenvalue weighted by atomic mass is 32.2. The Balaban J connectivity index is 1.69. The topological polar surface area (TPSA) is 171 Å². The van der Waals surface area contributed by atoms with Crippen LogP contribution < -0.4 is 11.1 Å². The van der Waals surface area contributed by atoms with Gasteiger partial charge in [0.2, 0.25) is 10.0 Å². The lowest BCUT2D eigenvalue weighted by Gasteiger charge is -2.29. The molecule has 0 atom stereocenters. The van der Waals surface area contributed by atoms with E-state index in [9.17, 15) is 18.5 Å². The molecule has 0 radical (unpaired) electrons. The molecule has 31 heavy (non-hydrogen) atoms. The lowest BCUT2D eigenvalue weighted by Crippen LogP contribution is -2.37. The number of benzene rings is 1. The molecule has 1 fully saturated rings. The third-order valence-electron chi connectivity index (χ3n) is 5.45. The first-order chi connectivity index (χ1) is 14.7. The van der Waals surface area contributed by atoms with E-state index in [1.165, 1.54) is 16.4 Å². The smallest absolute Gasteiger partial charge is 0.293 e. The van der Waals surface area contributed by atoms with Crippen LogP contribution in [0.4, 0.5) is 17.2 Å². The summed E-state index contributed by atoms with van der Waals surface area (Å²) < 4.78 is 27.2. The van der Waals surface area contributed by atoms with E-state index in [4.69, 9.17) is 11.0 Å². The number of aryl methyl sites for hydroxylation is 1. The molecule has 11 nitrogen and oxygen atoms in total. The van der Waals surface area contributed by atoms with Gasteiger partial charge in [0, 0.05) is 25.7 Å². The van der Waals surface area contributed by atoms with E-state index in [-0.39, 0.29) is 22.1 Å². The van der Waals surface area contributed by atoms with Crippen LogP contribution in [0.2, 0.25) is 0 Å². The van der Waals surface area contributed by atoms with Crippen molar-refractivity contribution < 1.29 is 13.3 Å². The third kappa shape index (κ3) is 4.95. The SMILES string of the molecule is CC1CCN(S(=O)(=O)c2ccc(NCCCc3[nH]nc(N)c3C#N)c([N+](=O)[O-])c2)CC1. The van der Waals surface area contributed by atoms with Crippen molar-refractivity contribution in [2.75, 3.05) is 30.7 Å². The summed E-state index contributed by atoms with van der Waals surface area (Å²) in [6, 6.07) is 5.92. The van der Waals surface area contributed by atoms with Gasteiger partial charge < -0.3 is 11.1 Å². The third-order valence-corrected chi connectivity index (χ3v) is 7.34. The van der Waals surface area contributed by atoms with Crippen LogP contribution in [-0.2, 0) is 16.4 Å². The molecule has 0 saturated carbocycles. The maximum atomic E-state index is 12.9. The monoisotopic (exact) mass is 447 g/mol. The Labute approximate surface area is 180 Å². The highest BCUT2D eigenvalue weighted by molar-refractivity contribution is 7.89. The number of nitro groups is 1. The molecule has 0 bridgehead atoms. The number of aromatic amines is 1. The fourth-order valence-electron chi connectivity index (χ4n) is 3.53. The second-order valence-electron chi connectivity index (χ2n) is 7.63. The number of nitrogens with zero attached hydrogens (tertiary/aromatic N) is 4. The molecular weight excluding hydrogens is 422 g/mol. The second kappa shape index (κ2) is 9.32. The van der Waals surface area contributed by atoms with E-state index < -0.39 is 14.9 Å². The first kappa shape index (κ1) is 22.5. The number of nitriles is 1. The second-order valence-corrected chi connectivity index (χ2v) is 9.57. The Bertz CT molecular complexity index is 1100. The molecule has 0 amide bonds. The number of aromatic nitrogens is 2. The minimum absolute atomic E-state index is 0.0779. The predicted molar refractivity (Wildman–Crippen MR) is 115 cm³/mol. The van der Waals surface area contributed by atoms with Gasteiger partial charge in [-0.25, -0.2) is 8.42 Å². The summed E-state index contributed by atoms with van der Waals surface area (Å²) in [5, 5.41) is 30.1. The summed E-state index contributed by atoms with van der Waals surface area (Å²) in [4.78, 5) is 10.9. The average Bonchev–Trinajstić information content (AvgIpc) is 3.10. The van der Waals surface area contributed by atoms with E-state index in [0.29, 0.717) is 49.7 Å². The number of nitrogens with two attached hydrogens (primary N) is 1. The predicted octanol–water partition coefficient (Wildman–Crippen LogP) is 2.24. The fraction of sp³-hybridized carbons (Fsp3) is 0.474. The van der Waals surface area contributed by atoms with E-state index in [2.05, 4.69) is 22.4 Å². The Morgan fingerprint density at radius 1 is 1.42 bits per heavy atom. The van der Waals surface area contributed by atoms with Crippen molar-refractivity contribution in [3.63, 3.8) is 0 Å². The lowest BCUT2D eigenvalue weighted by atomic mass is 10.0. The van der Waals surface area contributed by atoms with Gasteiger partial charge in [-0.3, -0.25) is 15.2 Å². The Morgan fingerprint density at radius 3 is 2.77 bits per heavy atom. The molecule has 2 aromatic rings. The maximum absolute atomic E-state index is 12.9. The lowest BCUT2D eigenvalue weighted by molar-refractivity contribution is -0.384. The maximum Gasteiger partial charge on any atom is 0.293 e. The number of nitrogens with one attached hydrogen (secondary N) is 2. The molecule has 166 valence electrons. The first-order valence-corrected chi connectivity index (χ1v) is 11.4. The molecule has 1 aliphatic rings. The van der Waals surface area contributed by atoms with Gasteiger partial charge in [0.1, 0.15) is 17.3 Å². The van der Waals surface area contributed by atoms with Crippen LogP contribution in [0, 0.1) is 27.4 Å². The molecule has 4 N–H and O–H groups in total. The molecule has 0 unspecified atom stereocenters. The van der Waals surface area contributed by atoms with Crippen molar-refractivity contribution in [2.24, 2.45) is 5.92 Å². The van der Waals surface area contributed by atoms with Gasteiger partial charge in [-0.1, -0.05) is 6.92 Å². The van der Waals surface area contributed by atoms with Crippen molar-refractivity contribution in [2.45, 2.75) is 37.5 Å². The molecule has 1 saturated heterocycles. The molecule has 0 spiro atoms. The van der Waals surface area contributed by atoms with Gasteiger partial charge in [0.25, 0.3) is 5.69 Å². The zero-order valence-corrected chi connectivity index (χ0v) is 18.0. The van der Waals surface area contributed by atoms with Crippen molar-refractivity contribution in [3.05, 3.63) is 39.6 Å². The summed E-state index contributed by atoms with van der Waals surface area (Å²) in [6.45, 7) is 3.29. The summed E-state index contributed by atoms with van der Waals surface area (Å²) in [5.74, 6) is 0.607. The summed E-state index contributed by atoms with van der Waals surface area (Å²) >= 11 is 0. The molecule has 3 rings (SSSR count). The minimum Gasteiger partial charge on any atom is -0.381 e. The van der Waals surface area contributed by atoms with Gasteiger partial charge in [-0.05, 0) is 43.7 Å². The normalized spacial score (nSPS) is 15.5. The highest BCUT2D eigenvalue weighted by Gasteiger charge is 2.30. The van der Waals surface area contributed by atoms with Gasteiger partial charge in [-0.2, -0.15) is 14.7 Å². The largest absolute Gasteiger partial charge is 0.381 e. The van der Waals surface area contributed by atoms with E-state index in [1.54, 1.807) is 0 Å². The van der Waals surface area contributed by atoms with Crippen LogP contribution in [0.25, 0.3) is 0 Å². The van der Waals surface area contributed by atoms with Crippen molar-refractivity contribution in [3.8, 4) is 6.07 Å². The zero-order chi connectivity index (χ0) is 22.6. The number of piperidine rings is 1. The molecule has 1 aromatic carbocycles. The Morgan fingerprint density at radius 2 is 2.13 bits per heavy atom. The standard InChI is InChI=1S/C19H25N7O4S/c1-13-6-9-25(10-7-13)31(29,30)14-4-5-17(18(11-14)26(27)28)22-8-2-3-16-15(12-20)19(21)24-23-16/h4-5,11,13,22H,2-3,6-10H2,1H3,(H3,21,23,24). The van der Waals surface area contributed by atoms with Crippen LogP contribution in [0.5, 0.6) is 0 Å². The van der Waals surface area contributed by atoms with Crippen molar-refractivity contribution in [1.82, 2.24) is 14.5 Å². The zero-order valence-electron chi connectivity index (χ0n) is 17.2. The summed E-state index contributed by atoms with van der Waals surface area (Å²) in [5.41, 5.74) is 6.45. The van der Waals surface area contributed by atoms with Crippen LogP contribution >= 0.6 is 0 Å². The molecule has 12 heteroatoms. The van der Waals surface area contributed by atoms with Crippen LogP contribution in [0.1, 0.15) is 37.4 Å². The average molecular weight is 448 g/mol.